The molecule has 0 spiro atoms. The van der Waals surface area contributed by atoms with Crippen molar-refractivity contribution < 1.29 is 8.78 Å². The lowest BCUT2D eigenvalue weighted by molar-refractivity contribution is 0.536. The summed E-state index contributed by atoms with van der Waals surface area (Å²) in [6.45, 7) is 0. The first-order valence-corrected chi connectivity index (χ1v) is 6.32. The second-order valence-corrected chi connectivity index (χ2v) is 4.55. The van der Waals surface area contributed by atoms with Crippen LogP contribution < -0.4 is 11.3 Å². The topological polar surface area (TPSA) is 63.8 Å². The van der Waals surface area contributed by atoms with Crippen LogP contribution >= 0.6 is 0 Å². The van der Waals surface area contributed by atoms with Gasteiger partial charge in [-0.1, -0.05) is 18.2 Å². The Bertz CT molecular complexity index is 791. The minimum atomic E-state index is -0.706. The number of para-hydroxylation sites is 2. The van der Waals surface area contributed by atoms with E-state index in [1.165, 1.54) is 18.3 Å². The molecule has 0 amide bonds. The van der Waals surface area contributed by atoms with Crippen LogP contribution in [0.3, 0.4) is 0 Å². The molecule has 0 aliphatic rings. The van der Waals surface area contributed by atoms with E-state index in [9.17, 15) is 8.78 Å². The third-order valence-electron chi connectivity index (χ3n) is 3.20. The zero-order chi connectivity index (χ0) is 14.8. The van der Waals surface area contributed by atoms with Crippen LogP contribution in [0.1, 0.15) is 17.3 Å². The number of aromatic nitrogens is 2. The highest BCUT2D eigenvalue weighted by Crippen LogP contribution is 2.23. The van der Waals surface area contributed by atoms with Crippen molar-refractivity contribution in [2.75, 3.05) is 0 Å². The zero-order valence-electron chi connectivity index (χ0n) is 10.9. The molecule has 0 aliphatic carbocycles. The predicted molar refractivity (Wildman–Crippen MR) is 75.1 cm³/mol. The van der Waals surface area contributed by atoms with Crippen molar-refractivity contribution >= 4 is 11.0 Å². The molecule has 2 aromatic carbocycles. The highest BCUT2D eigenvalue weighted by molar-refractivity contribution is 5.73. The third-order valence-corrected chi connectivity index (χ3v) is 3.20. The van der Waals surface area contributed by atoms with Crippen molar-refractivity contribution in [2.24, 2.45) is 5.84 Å². The lowest BCUT2D eigenvalue weighted by Crippen LogP contribution is -2.30. The van der Waals surface area contributed by atoms with Crippen molar-refractivity contribution in [1.29, 1.82) is 0 Å². The Labute approximate surface area is 119 Å². The van der Waals surface area contributed by atoms with Gasteiger partial charge in [-0.15, -0.1) is 0 Å². The molecule has 0 saturated carbocycles. The minimum absolute atomic E-state index is 0.212. The Morgan fingerprint density at radius 3 is 2.52 bits per heavy atom. The number of hydrogen-bond acceptors (Lipinski definition) is 4. The summed E-state index contributed by atoms with van der Waals surface area (Å²) in [5, 5.41) is 0. The second kappa shape index (κ2) is 5.51. The van der Waals surface area contributed by atoms with Crippen LogP contribution in [0.25, 0.3) is 11.0 Å². The van der Waals surface area contributed by atoms with E-state index in [-0.39, 0.29) is 5.56 Å². The van der Waals surface area contributed by atoms with Gasteiger partial charge in [-0.05, 0) is 18.2 Å². The van der Waals surface area contributed by atoms with E-state index in [4.69, 9.17) is 5.84 Å². The standard InChI is InChI=1S/C15H12F2N4/c16-9-5-6-10(11(17)7-9)15(21-18)14-8-19-12-3-1-2-4-13(12)20-14/h1-8,15,21H,18H2. The molecule has 0 saturated heterocycles. The second-order valence-electron chi connectivity index (χ2n) is 4.55. The maximum Gasteiger partial charge on any atom is 0.131 e. The molecule has 0 aliphatic heterocycles. The number of hydrazine groups is 1. The first-order chi connectivity index (χ1) is 10.2. The maximum atomic E-state index is 13.9. The number of halogens is 2. The Balaban J connectivity index is 2.09. The number of rotatable bonds is 3. The molecule has 3 rings (SSSR count). The molecule has 0 bridgehead atoms. The maximum absolute atomic E-state index is 13.9. The first kappa shape index (κ1) is 13.5. The Morgan fingerprint density at radius 1 is 1.05 bits per heavy atom. The normalized spacial score (nSPS) is 12.5. The fourth-order valence-electron chi connectivity index (χ4n) is 2.18. The van der Waals surface area contributed by atoms with Gasteiger partial charge < -0.3 is 0 Å². The fraction of sp³-hybridized carbons (Fsp3) is 0.0667. The molecule has 1 atom stereocenters. The van der Waals surface area contributed by atoms with Crippen molar-refractivity contribution in [3.8, 4) is 0 Å². The van der Waals surface area contributed by atoms with Crippen LogP contribution in [0.5, 0.6) is 0 Å². The van der Waals surface area contributed by atoms with Gasteiger partial charge in [0.25, 0.3) is 0 Å². The third kappa shape index (κ3) is 2.58. The molecule has 6 heteroatoms. The van der Waals surface area contributed by atoms with Crippen LogP contribution in [-0.2, 0) is 0 Å². The summed E-state index contributed by atoms with van der Waals surface area (Å²) in [4.78, 5) is 8.69. The fourth-order valence-corrected chi connectivity index (χ4v) is 2.18. The molecular formula is C15H12F2N4. The van der Waals surface area contributed by atoms with Crippen molar-refractivity contribution in [2.45, 2.75) is 6.04 Å². The number of fused-ring (bicyclic) bond motifs is 1. The van der Waals surface area contributed by atoms with Gasteiger partial charge in [-0.2, -0.15) is 0 Å². The van der Waals surface area contributed by atoms with Gasteiger partial charge in [0.15, 0.2) is 0 Å². The average molecular weight is 286 g/mol. The Morgan fingerprint density at radius 2 is 1.81 bits per heavy atom. The summed E-state index contributed by atoms with van der Waals surface area (Å²) in [7, 11) is 0. The number of nitrogens with one attached hydrogen (secondary N) is 1. The van der Waals surface area contributed by atoms with Crippen molar-refractivity contribution in [3.05, 3.63) is 71.6 Å². The van der Waals surface area contributed by atoms with Gasteiger partial charge in [0.1, 0.15) is 11.6 Å². The summed E-state index contributed by atoms with van der Waals surface area (Å²) < 4.78 is 26.9. The molecule has 3 N–H and O–H groups in total. The van der Waals surface area contributed by atoms with E-state index in [1.807, 2.05) is 18.2 Å². The van der Waals surface area contributed by atoms with E-state index < -0.39 is 17.7 Å². The predicted octanol–water partition coefficient (Wildman–Crippen LogP) is 2.46. The highest BCUT2D eigenvalue weighted by Gasteiger charge is 2.19. The number of benzene rings is 2. The van der Waals surface area contributed by atoms with Gasteiger partial charge in [0, 0.05) is 11.6 Å². The van der Waals surface area contributed by atoms with Crippen LogP contribution in [0.4, 0.5) is 8.78 Å². The molecule has 21 heavy (non-hydrogen) atoms. The van der Waals surface area contributed by atoms with E-state index in [0.29, 0.717) is 11.2 Å². The smallest absolute Gasteiger partial charge is 0.131 e. The van der Waals surface area contributed by atoms with Crippen molar-refractivity contribution in [1.82, 2.24) is 15.4 Å². The van der Waals surface area contributed by atoms with Gasteiger partial charge >= 0.3 is 0 Å². The zero-order valence-corrected chi connectivity index (χ0v) is 10.9. The van der Waals surface area contributed by atoms with Crippen LogP contribution in [-0.4, -0.2) is 9.97 Å². The lowest BCUT2D eigenvalue weighted by Gasteiger charge is -2.16. The molecule has 1 unspecified atom stereocenters. The Hall–Kier alpha value is -2.44. The largest absolute Gasteiger partial charge is 0.271 e. The summed E-state index contributed by atoms with van der Waals surface area (Å²) in [6, 6.07) is 9.95. The van der Waals surface area contributed by atoms with Crippen molar-refractivity contribution in [3.63, 3.8) is 0 Å². The SMILES string of the molecule is NNC(c1cnc2ccccc2n1)c1ccc(F)cc1F. The summed E-state index contributed by atoms with van der Waals surface area (Å²) in [6.07, 6.45) is 1.52. The van der Waals surface area contributed by atoms with E-state index in [2.05, 4.69) is 15.4 Å². The first-order valence-electron chi connectivity index (χ1n) is 6.32. The van der Waals surface area contributed by atoms with E-state index >= 15 is 0 Å². The number of nitrogens with zero attached hydrogens (tertiary/aromatic N) is 2. The molecule has 1 heterocycles. The summed E-state index contributed by atoms with van der Waals surface area (Å²) >= 11 is 0. The monoisotopic (exact) mass is 286 g/mol. The highest BCUT2D eigenvalue weighted by atomic mass is 19.1. The number of nitrogens with two attached hydrogens (primary N) is 1. The summed E-state index contributed by atoms with van der Waals surface area (Å²) in [5.41, 5.74) is 4.58. The summed E-state index contributed by atoms with van der Waals surface area (Å²) in [5.74, 6) is 4.18. The molecule has 0 radical (unpaired) electrons. The molecule has 0 fully saturated rings. The number of hydrogen-bond donors (Lipinski definition) is 2. The van der Waals surface area contributed by atoms with Crippen LogP contribution in [0.2, 0.25) is 0 Å². The minimum Gasteiger partial charge on any atom is -0.271 e. The van der Waals surface area contributed by atoms with E-state index in [1.54, 1.807) is 6.07 Å². The Kier molecular flexibility index (Phi) is 3.55. The van der Waals surface area contributed by atoms with Gasteiger partial charge in [-0.25, -0.2) is 19.2 Å². The van der Waals surface area contributed by atoms with Gasteiger partial charge in [-0.3, -0.25) is 10.8 Å². The van der Waals surface area contributed by atoms with Crippen LogP contribution in [0.15, 0.2) is 48.7 Å². The molecule has 3 aromatic rings. The van der Waals surface area contributed by atoms with Gasteiger partial charge in [0.2, 0.25) is 0 Å². The molecule has 4 nitrogen and oxygen atoms in total. The quantitative estimate of drug-likeness (QED) is 0.573. The molecule has 1 aromatic heterocycles. The lowest BCUT2D eigenvalue weighted by atomic mass is 10.0. The van der Waals surface area contributed by atoms with Crippen LogP contribution in [0, 0.1) is 11.6 Å². The molecular weight excluding hydrogens is 274 g/mol. The van der Waals surface area contributed by atoms with E-state index in [0.717, 1.165) is 11.6 Å². The average Bonchev–Trinajstić information content (AvgIpc) is 2.50. The van der Waals surface area contributed by atoms with Gasteiger partial charge in [0.05, 0.1) is 29.0 Å². The molecule has 106 valence electrons.